The Morgan fingerprint density at radius 1 is 0.692 bits per heavy atom. The molecule has 0 unspecified atom stereocenters. The highest BCUT2D eigenvalue weighted by Gasteiger charge is 2.28. The molecule has 132 valence electrons. The van der Waals surface area contributed by atoms with Gasteiger partial charge in [0.25, 0.3) is 0 Å². The van der Waals surface area contributed by atoms with Crippen molar-refractivity contribution < 1.29 is 0 Å². The Morgan fingerprint density at radius 2 is 1.15 bits per heavy atom. The predicted molar refractivity (Wildman–Crippen MR) is 115 cm³/mol. The summed E-state index contributed by atoms with van der Waals surface area (Å²) < 4.78 is 0. The molecule has 1 fully saturated rings. The molecular formula is C24H26NS+. The number of benzene rings is 3. The van der Waals surface area contributed by atoms with E-state index in [1.807, 2.05) is 0 Å². The molecule has 26 heavy (non-hydrogen) atoms. The fourth-order valence-electron chi connectivity index (χ4n) is 3.89. The van der Waals surface area contributed by atoms with Gasteiger partial charge in [0.05, 0.1) is 5.69 Å². The van der Waals surface area contributed by atoms with Crippen LogP contribution in [0.2, 0.25) is 0 Å². The van der Waals surface area contributed by atoms with Gasteiger partial charge in [-0.2, -0.15) is 0 Å². The van der Waals surface area contributed by atoms with E-state index in [0.29, 0.717) is 10.9 Å². The topological polar surface area (TPSA) is 3.24 Å². The normalized spacial score (nSPS) is 14.5. The molecule has 0 bridgehead atoms. The minimum absolute atomic E-state index is 0.460. The van der Waals surface area contributed by atoms with Crippen molar-refractivity contribution in [2.45, 2.75) is 31.6 Å². The summed E-state index contributed by atoms with van der Waals surface area (Å²) in [4.78, 5) is 3.95. The van der Waals surface area contributed by atoms with Gasteiger partial charge >= 0.3 is 0 Å². The van der Waals surface area contributed by atoms with Crippen molar-refractivity contribution in [3.63, 3.8) is 0 Å². The number of hydrogen-bond acceptors (Lipinski definition) is 1. The predicted octanol–water partition coefficient (Wildman–Crippen LogP) is 6.54. The molecule has 0 atom stereocenters. The highest BCUT2D eigenvalue weighted by Crippen LogP contribution is 2.40. The lowest BCUT2D eigenvalue weighted by atomic mass is 10.1. The summed E-state index contributed by atoms with van der Waals surface area (Å²) in [6.07, 6.45) is 2.78. The Labute approximate surface area is 160 Å². The fourth-order valence-corrected chi connectivity index (χ4v) is 6.35. The van der Waals surface area contributed by atoms with Crippen LogP contribution in [0.1, 0.15) is 24.0 Å². The van der Waals surface area contributed by atoms with Gasteiger partial charge in [-0.1, -0.05) is 36.4 Å². The standard InChI is InChI=1S/C24H26NS/c1-19-17-23(26-15-9-10-16-26)18-20(2)24(19)25(21-11-5-3-6-12-21)22-13-7-4-8-14-22/h3-8,11-14,17-18H,9-10,15-16H2,1-2H3/q+1. The number of rotatable bonds is 4. The van der Waals surface area contributed by atoms with E-state index in [2.05, 4.69) is 91.5 Å². The van der Waals surface area contributed by atoms with Crippen molar-refractivity contribution in [1.82, 2.24) is 0 Å². The molecular weight excluding hydrogens is 334 g/mol. The minimum Gasteiger partial charge on any atom is -0.310 e. The molecule has 4 rings (SSSR count). The molecule has 0 N–H and O–H groups in total. The first-order chi connectivity index (χ1) is 12.7. The molecule has 1 heterocycles. The maximum atomic E-state index is 2.44. The van der Waals surface area contributed by atoms with Gasteiger partial charge in [-0.05, 0) is 74.2 Å². The maximum Gasteiger partial charge on any atom is 0.155 e. The third-order valence-electron chi connectivity index (χ3n) is 5.08. The van der Waals surface area contributed by atoms with Gasteiger partial charge in [0.15, 0.2) is 4.90 Å². The van der Waals surface area contributed by atoms with E-state index in [9.17, 15) is 0 Å². The molecule has 1 aliphatic rings. The second-order valence-electron chi connectivity index (χ2n) is 7.02. The zero-order valence-electron chi connectivity index (χ0n) is 15.6. The molecule has 0 spiro atoms. The van der Waals surface area contributed by atoms with E-state index >= 15 is 0 Å². The Hall–Kier alpha value is -2.19. The lowest BCUT2D eigenvalue weighted by molar-refractivity contribution is 0.949. The Balaban J connectivity index is 1.83. The van der Waals surface area contributed by atoms with Crippen LogP contribution in [0, 0.1) is 13.8 Å². The van der Waals surface area contributed by atoms with Crippen LogP contribution in [-0.2, 0) is 10.9 Å². The molecule has 3 aromatic rings. The third kappa shape index (κ3) is 3.39. The number of nitrogens with zero attached hydrogens (tertiary/aromatic N) is 1. The Kier molecular flexibility index (Phi) is 5.03. The van der Waals surface area contributed by atoms with E-state index in [0.717, 1.165) is 0 Å². The molecule has 3 aromatic carbocycles. The largest absolute Gasteiger partial charge is 0.310 e. The van der Waals surface area contributed by atoms with Crippen molar-refractivity contribution in [3.05, 3.63) is 83.9 Å². The Bertz CT molecular complexity index is 805. The quantitative estimate of drug-likeness (QED) is 0.477. The first kappa shape index (κ1) is 17.2. The molecule has 0 amide bonds. The van der Waals surface area contributed by atoms with Crippen molar-refractivity contribution in [2.75, 3.05) is 16.4 Å². The van der Waals surface area contributed by atoms with Crippen molar-refractivity contribution in [2.24, 2.45) is 0 Å². The lowest BCUT2D eigenvalue weighted by Gasteiger charge is -2.28. The van der Waals surface area contributed by atoms with Crippen LogP contribution in [-0.4, -0.2) is 11.5 Å². The van der Waals surface area contributed by atoms with E-state index in [4.69, 9.17) is 0 Å². The Morgan fingerprint density at radius 3 is 1.62 bits per heavy atom. The second kappa shape index (κ2) is 7.59. The maximum absolute atomic E-state index is 2.44. The lowest BCUT2D eigenvalue weighted by Crippen LogP contribution is -2.14. The SMILES string of the molecule is Cc1cc([S+]2CCCC2)cc(C)c1N(c1ccccc1)c1ccccc1. The van der Waals surface area contributed by atoms with Crippen molar-refractivity contribution in [1.29, 1.82) is 0 Å². The highest BCUT2D eigenvalue weighted by atomic mass is 32.2. The van der Waals surface area contributed by atoms with Crippen molar-refractivity contribution >= 4 is 28.0 Å². The molecule has 0 aromatic heterocycles. The van der Waals surface area contributed by atoms with Gasteiger partial charge in [0, 0.05) is 22.3 Å². The van der Waals surface area contributed by atoms with Gasteiger partial charge in [0.1, 0.15) is 11.5 Å². The minimum atomic E-state index is 0.460. The molecule has 2 heteroatoms. The first-order valence-corrected chi connectivity index (χ1v) is 11.0. The van der Waals surface area contributed by atoms with E-state index in [1.165, 1.54) is 52.5 Å². The monoisotopic (exact) mass is 360 g/mol. The summed E-state index contributed by atoms with van der Waals surface area (Å²) >= 11 is 0. The average Bonchev–Trinajstić information content (AvgIpc) is 3.21. The molecule has 1 aliphatic heterocycles. The van der Waals surface area contributed by atoms with Gasteiger partial charge in [-0.25, -0.2) is 0 Å². The van der Waals surface area contributed by atoms with Crippen LogP contribution in [0.15, 0.2) is 77.7 Å². The zero-order valence-corrected chi connectivity index (χ0v) is 16.4. The van der Waals surface area contributed by atoms with Gasteiger partial charge < -0.3 is 4.90 Å². The van der Waals surface area contributed by atoms with E-state index in [1.54, 1.807) is 4.90 Å². The number of hydrogen-bond donors (Lipinski definition) is 0. The second-order valence-corrected chi connectivity index (χ2v) is 9.29. The molecule has 0 saturated carbocycles. The van der Waals surface area contributed by atoms with E-state index in [-0.39, 0.29) is 0 Å². The first-order valence-electron chi connectivity index (χ1n) is 9.43. The van der Waals surface area contributed by atoms with Gasteiger partial charge in [0.2, 0.25) is 0 Å². The summed E-state index contributed by atoms with van der Waals surface area (Å²) in [6.45, 7) is 4.54. The molecule has 1 nitrogen and oxygen atoms in total. The van der Waals surface area contributed by atoms with Crippen LogP contribution in [0.4, 0.5) is 17.1 Å². The van der Waals surface area contributed by atoms with Gasteiger partial charge in [-0.3, -0.25) is 0 Å². The molecule has 0 radical (unpaired) electrons. The molecule has 1 saturated heterocycles. The number of anilines is 3. The van der Waals surface area contributed by atoms with Crippen LogP contribution < -0.4 is 4.90 Å². The highest BCUT2D eigenvalue weighted by molar-refractivity contribution is 7.97. The van der Waals surface area contributed by atoms with Crippen LogP contribution in [0.25, 0.3) is 0 Å². The average molecular weight is 361 g/mol. The summed E-state index contributed by atoms with van der Waals surface area (Å²) in [5, 5.41) is 0. The van der Waals surface area contributed by atoms with Gasteiger partial charge in [-0.15, -0.1) is 0 Å². The molecule has 0 aliphatic carbocycles. The van der Waals surface area contributed by atoms with Crippen LogP contribution in [0.5, 0.6) is 0 Å². The summed E-state index contributed by atoms with van der Waals surface area (Å²) in [7, 11) is 0.460. The summed E-state index contributed by atoms with van der Waals surface area (Å²) in [5.74, 6) is 2.75. The number of para-hydroxylation sites is 2. The van der Waals surface area contributed by atoms with Crippen molar-refractivity contribution in [3.8, 4) is 0 Å². The van der Waals surface area contributed by atoms with E-state index < -0.39 is 0 Å². The summed E-state index contributed by atoms with van der Waals surface area (Å²) in [6, 6.07) is 26.3. The van der Waals surface area contributed by atoms with Crippen LogP contribution >= 0.6 is 0 Å². The number of aryl methyl sites for hydroxylation is 2. The third-order valence-corrected chi connectivity index (χ3v) is 7.55. The fraction of sp³-hybridized carbons (Fsp3) is 0.250. The smallest absolute Gasteiger partial charge is 0.155 e. The summed E-state index contributed by atoms with van der Waals surface area (Å²) in [5.41, 5.74) is 6.47. The zero-order chi connectivity index (χ0) is 17.9. The van der Waals surface area contributed by atoms with Crippen LogP contribution in [0.3, 0.4) is 0 Å².